The van der Waals surface area contributed by atoms with Crippen molar-refractivity contribution in [2.45, 2.75) is 32.7 Å². The number of hydrogen-bond donors (Lipinski definition) is 0. The van der Waals surface area contributed by atoms with Gasteiger partial charge in [-0.1, -0.05) is 24.2 Å². The van der Waals surface area contributed by atoms with Crippen LogP contribution in [-0.4, -0.2) is 46.9 Å². The molecule has 0 fully saturated rings. The highest BCUT2D eigenvalue weighted by Gasteiger charge is 2.20. The van der Waals surface area contributed by atoms with E-state index in [1.165, 1.54) is 4.90 Å². The van der Waals surface area contributed by atoms with Crippen molar-refractivity contribution >= 4 is 5.91 Å². The molecular weight excluding hydrogens is 288 g/mol. The van der Waals surface area contributed by atoms with E-state index in [0.717, 1.165) is 0 Å². The van der Waals surface area contributed by atoms with Crippen molar-refractivity contribution in [3.8, 4) is 0 Å². The van der Waals surface area contributed by atoms with E-state index >= 15 is 0 Å². The van der Waals surface area contributed by atoms with Gasteiger partial charge in [-0.3, -0.25) is 4.79 Å². The van der Waals surface area contributed by atoms with E-state index in [-0.39, 0.29) is 24.1 Å². The van der Waals surface area contributed by atoms with Gasteiger partial charge in [-0.05, 0) is 0 Å². The third-order valence-corrected chi connectivity index (χ3v) is 3.08. The predicted molar refractivity (Wildman–Crippen MR) is 76.3 cm³/mol. The summed E-state index contributed by atoms with van der Waals surface area (Å²) in [5.74, 6) is 1.53. The van der Waals surface area contributed by atoms with E-state index in [1.807, 2.05) is 13.8 Å². The highest BCUT2D eigenvalue weighted by atomic mass is 16.5. The van der Waals surface area contributed by atoms with Crippen molar-refractivity contribution in [1.29, 1.82) is 0 Å². The fraction of sp³-hybridized carbons (Fsp3) is 0.571. The van der Waals surface area contributed by atoms with Gasteiger partial charge in [0.1, 0.15) is 12.3 Å². The third-order valence-electron chi connectivity index (χ3n) is 3.08. The summed E-state index contributed by atoms with van der Waals surface area (Å²) in [6.45, 7) is 4.67. The van der Waals surface area contributed by atoms with Crippen LogP contribution in [0.2, 0.25) is 0 Å². The number of nitrogens with zero attached hydrogens (tertiary/aromatic N) is 4. The van der Waals surface area contributed by atoms with Crippen LogP contribution in [0, 0.1) is 0 Å². The van der Waals surface area contributed by atoms with Crippen molar-refractivity contribution in [3.05, 3.63) is 29.2 Å². The Morgan fingerprint density at radius 3 is 2.77 bits per heavy atom. The number of ether oxygens (including phenoxy) is 1. The van der Waals surface area contributed by atoms with Gasteiger partial charge in [-0.25, -0.2) is 0 Å². The number of hydrogen-bond acceptors (Lipinski definition) is 7. The minimum atomic E-state index is -0.257. The fourth-order valence-corrected chi connectivity index (χ4v) is 1.78. The van der Waals surface area contributed by atoms with Crippen LogP contribution in [0.3, 0.4) is 0 Å². The summed E-state index contributed by atoms with van der Waals surface area (Å²) in [6, 6.07) is 1.65. The largest absolute Gasteiger partial charge is 0.384 e. The van der Waals surface area contributed by atoms with Crippen LogP contribution < -0.4 is 0 Å². The zero-order valence-corrected chi connectivity index (χ0v) is 13.2. The van der Waals surface area contributed by atoms with Gasteiger partial charge in [-0.2, -0.15) is 4.98 Å². The van der Waals surface area contributed by atoms with Gasteiger partial charge in [0.25, 0.3) is 5.91 Å². The lowest BCUT2D eigenvalue weighted by molar-refractivity contribution is 0.0759. The first-order valence-corrected chi connectivity index (χ1v) is 7.03. The number of rotatable bonds is 7. The van der Waals surface area contributed by atoms with Gasteiger partial charge in [0.05, 0.1) is 6.61 Å². The van der Waals surface area contributed by atoms with Crippen molar-refractivity contribution in [2.24, 2.45) is 0 Å². The summed E-state index contributed by atoms with van der Waals surface area (Å²) >= 11 is 0. The normalized spacial score (nSPS) is 11.1. The highest BCUT2D eigenvalue weighted by Crippen LogP contribution is 2.16. The Balaban J connectivity index is 1.96. The molecule has 8 heteroatoms. The molecular formula is C14H20N4O4. The molecule has 0 aliphatic carbocycles. The molecule has 22 heavy (non-hydrogen) atoms. The van der Waals surface area contributed by atoms with Crippen LogP contribution >= 0.6 is 0 Å². The molecule has 8 nitrogen and oxygen atoms in total. The minimum absolute atomic E-state index is 0.179. The lowest BCUT2D eigenvalue weighted by Crippen LogP contribution is -2.26. The summed E-state index contributed by atoms with van der Waals surface area (Å²) < 4.78 is 15.2. The lowest BCUT2D eigenvalue weighted by Gasteiger charge is -2.12. The van der Waals surface area contributed by atoms with Gasteiger partial charge >= 0.3 is 0 Å². The van der Waals surface area contributed by atoms with Gasteiger partial charge in [0.2, 0.25) is 5.89 Å². The van der Waals surface area contributed by atoms with Crippen LogP contribution in [-0.2, 0) is 17.7 Å². The quantitative estimate of drug-likeness (QED) is 0.767. The second-order valence-corrected chi connectivity index (χ2v) is 5.28. The number of carbonyl (C=O) groups is 1. The molecule has 0 saturated carbocycles. The molecule has 0 aliphatic rings. The maximum absolute atomic E-state index is 12.3. The van der Waals surface area contributed by atoms with E-state index in [0.29, 0.717) is 30.5 Å². The number of carbonyl (C=O) groups excluding carboxylic acids is 1. The average molecular weight is 308 g/mol. The molecule has 2 heterocycles. The Bertz CT molecular complexity index is 620. The molecule has 120 valence electrons. The summed E-state index contributed by atoms with van der Waals surface area (Å²) in [5, 5.41) is 7.62. The second-order valence-electron chi connectivity index (χ2n) is 5.28. The molecule has 0 atom stereocenters. The smallest absolute Gasteiger partial charge is 0.276 e. The van der Waals surface area contributed by atoms with Crippen molar-refractivity contribution in [3.63, 3.8) is 0 Å². The SMILES string of the molecule is COCCc1noc(CN(C)C(=O)c2cc(C(C)C)on2)n1. The molecule has 0 unspecified atom stereocenters. The van der Waals surface area contributed by atoms with Crippen molar-refractivity contribution in [2.75, 3.05) is 20.8 Å². The Morgan fingerprint density at radius 1 is 1.36 bits per heavy atom. The monoisotopic (exact) mass is 308 g/mol. The summed E-state index contributed by atoms with van der Waals surface area (Å²) in [5.41, 5.74) is 0.269. The molecule has 0 aromatic carbocycles. The second kappa shape index (κ2) is 7.17. The number of methoxy groups -OCH3 is 1. The zero-order chi connectivity index (χ0) is 16.1. The fourth-order valence-electron chi connectivity index (χ4n) is 1.78. The molecule has 0 saturated heterocycles. The summed E-state index contributed by atoms with van der Waals surface area (Å²) in [4.78, 5) is 17.9. The summed E-state index contributed by atoms with van der Waals surface area (Å²) in [7, 11) is 3.25. The minimum Gasteiger partial charge on any atom is -0.384 e. The first kappa shape index (κ1) is 16.2. The molecule has 0 radical (unpaired) electrons. The van der Waals surface area contributed by atoms with E-state index in [9.17, 15) is 4.79 Å². The molecule has 0 aliphatic heterocycles. The Labute approximate surface area is 128 Å². The zero-order valence-electron chi connectivity index (χ0n) is 13.2. The van der Waals surface area contributed by atoms with E-state index in [4.69, 9.17) is 13.8 Å². The maximum Gasteiger partial charge on any atom is 0.276 e. The number of aromatic nitrogens is 3. The maximum atomic E-state index is 12.3. The molecule has 1 amide bonds. The van der Waals surface area contributed by atoms with Crippen LogP contribution in [0.25, 0.3) is 0 Å². The van der Waals surface area contributed by atoms with Crippen LogP contribution in [0.4, 0.5) is 0 Å². The van der Waals surface area contributed by atoms with Crippen molar-refractivity contribution in [1.82, 2.24) is 20.2 Å². The van der Waals surface area contributed by atoms with Gasteiger partial charge in [-0.15, -0.1) is 0 Å². The van der Waals surface area contributed by atoms with Crippen molar-refractivity contribution < 1.29 is 18.6 Å². The van der Waals surface area contributed by atoms with Gasteiger partial charge < -0.3 is 18.7 Å². The summed E-state index contributed by atoms with van der Waals surface area (Å²) in [6.07, 6.45) is 0.568. The van der Waals surface area contributed by atoms with Crippen LogP contribution in [0.1, 0.15) is 47.7 Å². The molecule has 0 spiro atoms. The Kier molecular flexibility index (Phi) is 5.26. The predicted octanol–water partition coefficient (Wildman–Crippen LogP) is 1.64. The van der Waals surface area contributed by atoms with E-state index in [2.05, 4.69) is 15.3 Å². The highest BCUT2D eigenvalue weighted by molar-refractivity contribution is 5.92. The van der Waals surface area contributed by atoms with Gasteiger partial charge in [0.15, 0.2) is 11.5 Å². The average Bonchev–Trinajstić information content (AvgIpc) is 3.13. The van der Waals surface area contributed by atoms with E-state index < -0.39 is 0 Å². The standard InChI is InChI=1S/C14H20N4O4/c1-9(2)11-7-10(16-21-11)14(19)18(3)8-13-15-12(17-22-13)5-6-20-4/h7,9H,5-6,8H2,1-4H3. The molecule has 2 aromatic rings. The van der Waals surface area contributed by atoms with Crippen LogP contribution in [0.15, 0.2) is 15.1 Å². The molecule has 2 aromatic heterocycles. The topological polar surface area (TPSA) is 94.5 Å². The third kappa shape index (κ3) is 3.91. The molecule has 2 rings (SSSR count). The lowest BCUT2D eigenvalue weighted by atomic mass is 10.1. The number of amides is 1. The Hall–Kier alpha value is -2.22. The molecule has 0 bridgehead atoms. The first-order chi connectivity index (χ1) is 10.5. The van der Waals surface area contributed by atoms with E-state index in [1.54, 1.807) is 20.2 Å². The van der Waals surface area contributed by atoms with Gasteiger partial charge in [0, 0.05) is 32.6 Å². The van der Waals surface area contributed by atoms with Crippen LogP contribution in [0.5, 0.6) is 0 Å². The Morgan fingerprint density at radius 2 is 2.14 bits per heavy atom. The molecule has 0 N–H and O–H groups in total. The first-order valence-electron chi connectivity index (χ1n) is 7.03.